The van der Waals surface area contributed by atoms with Crippen molar-refractivity contribution in [1.82, 2.24) is 9.21 Å². The van der Waals surface area contributed by atoms with Crippen molar-refractivity contribution in [2.75, 3.05) is 26.2 Å². The van der Waals surface area contributed by atoms with Gasteiger partial charge in [0.25, 0.3) is 0 Å². The van der Waals surface area contributed by atoms with E-state index in [0.717, 1.165) is 5.56 Å². The second-order valence-electron chi connectivity index (χ2n) is 6.79. The van der Waals surface area contributed by atoms with Gasteiger partial charge in [0.05, 0.1) is 21.4 Å². The quantitative estimate of drug-likeness (QED) is 0.649. The highest BCUT2D eigenvalue weighted by atomic mass is 35.5. The Kier molecular flexibility index (Phi) is 6.63. The SMILES string of the molecule is CC(=O)c1ccc(S(=O)(=O)N2CCN(C(=O)Cc3ccc(Cl)c(Cl)c3)CC2)cc1. The smallest absolute Gasteiger partial charge is 0.243 e. The van der Waals surface area contributed by atoms with E-state index in [4.69, 9.17) is 23.2 Å². The Bertz CT molecular complexity index is 1030. The van der Waals surface area contributed by atoms with Crippen molar-refractivity contribution in [1.29, 1.82) is 0 Å². The predicted octanol–water partition coefficient (Wildman–Crippen LogP) is 3.27. The second-order valence-corrected chi connectivity index (χ2v) is 9.54. The van der Waals surface area contributed by atoms with Crippen LogP contribution in [0.25, 0.3) is 0 Å². The minimum atomic E-state index is -3.67. The van der Waals surface area contributed by atoms with Crippen LogP contribution in [0.15, 0.2) is 47.4 Å². The molecular weight excluding hydrogens is 435 g/mol. The summed E-state index contributed by atoms with van der Waals surface area (Å²) in [5.41, 5.74) is 1.21. The molecule has 1 amide bonds. The summed E-state index contributed by atoms with van der Waals surface area (Å²) >= 11 is 11.9. The lowest BCUT2D eigenvalue weighted by Crippen LogP contribution is -2.50. The van der Waals surface area contributed by atoms with Crippen LogP contribution in [0.1, 0.15) is 22.8 Å². The number of piperazine rings is 1. The summed E-state index contributed by atoms with van der Waals surface area (Å²) < 4.78 is 27.0. The van der Waals surface area contributed by atoms with Crippen molar-refractivity contribution in [2.45, 2.75) is 18.2 Å². The highest BCUT2D eigenvalue weighted by Crippen LogP contribution is 2.23. The number of ketones is 1. The number of sulfonamides is 1. The van der Waals surface area contributed by atoms with Gasteiger partial charge in [-0.2, -0.15) is 4.31 Å². The summed E-state index contributed by atoms with van der Waals surface area (Å²) in [6, 6.07) is 10.9. The van der Waals surface area contributed by atoms with Gasteiger partial charge in [0, 0.05) is 31.7 Å². The molecule has 9 heteroatoms. The Labute approximate surface area is 180 Å². The monoisotopic (exact) mass is 454 g/mol. The van der Waals surface area contributed by atoms with Gasteiger partial charge in [-0.05, 0) is 36.8 Å². The molecule has 0 bridgehead atoms. The molecule has 0 saturated carbocycles. The van der Waals surface area contributed by atoms with E-state index < -0.39 is 10.0 Å². The highest BCUT2D eigenvalue weighted by molar-refractivity contribution is 7.89. The summed E-state index contributed by atoms with van der Waals surface area (Å²) in [4.78, 5) is 25.7. The summed E-state index contributed by atoms with van der Waals surface area (Å²) in [5.74, 6) is -0.214. The summed E-state index contributed by atoms with van der Waals surface area (Å²) in [5, 5.41) is 0.821. The molecule has 1 heterocycles. The van der Waals surface area contributed by atoms with Crippen LogP contribution in [0.2, 0.25) is 10.0 Å². The van der Waals surface area contributed by atoms with E-state index in [1.165, 1.54) is 35.5 Å². The van der Waals surface area contributed by atoms with Crippen molar-refractivity contribution in [2.24, 2.45) is 0 Å². The number of amides is 1. The topological polar surface area (TPSA) is 74.8 Å². The predicted molar refractivity (Wildman–Crippen MR) is 112 cm³/mol. The van der Waals surface area contributed by atoms with Crippen LogP contribution in [0.5, 0.6) is 0 Å². The summed E-state index contributed by atoms with van der Waals surface area (Å²) in [7, 11) is -3.67. The average Bonchev–Trinajstić information content (AvgIpc) is 2.71. The number of rotatable bonds is 5. The number of hydrogen-bond donors (Lipinski definition) is 0. The Balaban J connectivity index is 1.62. The molecule has 29 heavy (non-hydrogen) atoms. The molecule has 1 fully saturated rings. The van der Waals surface area contributed by atoms with E-state index in [9.17, 15) is 18.0 Å². The summed E-state index contributed by atoms with van der Waals surface area (Å²) in [6.45, 7) is 2.47. The lowest BCUT2D eigenvalue weighted by molar-refractivity contribution is -0.131. The molecule has 0 unspecified atom stereocenters. The fourth-order valence-electron chi connectivity index (χ4n) is 3.12. The molecule has 0 atom stereocenters. The minimum absolute atomic E-state index is 0.0914. The standard InChI is InChI=1S/C20H20Cl2N2O4S/c1-14(25)16-3-5-17(6-4-16)29(27,28)24-10-8-23(9-11-24)20(26)13-15-2-7-18(21)19(22)12-15/h2-7,12H,8-11,13H2,1H3. The van der Waals surface area contributed by atoms with Crippen LogP contribution < -0.4 is 0 Å². The van der Waals surface area contributed by atoms with Gasteiger partial charge in [0.1, 0.15) is 0 Å². The third-order valence-electron chi connectivity index (χ3n) is 4.83. The Morgan fingerprint density at radius 2 is 1.55 bits per heavy atom. The molecule has 1 aliphatic rings. The number of benzene rings is 2. The van der Waals surface area contributed by atoms with E-state index in [2.05, 4.69) is 0 Å². The number of nitrogens with zero attached hydrogens (tertiary/aromatic N) is 2. The van der Waals surface area contributed by atoms with Crippen LogP contribution >= 0.6 is 23.2 Å². The van der Waals surface area contributed by atoms with Crippen molar-refractivity contribution in [3.8, 4) is 0 Å². The lowest BCUT2D eigenvalue weighted by atomic mass is 10.1. The first-order valence-electron chi connectivity index (χ1n) is 9.01. The van der Waals surface area contributed by atoms with Gasteiger partial charge >= 0.3 is 0 Å². The second kappa shape index (κ2) is 8.83. The Morgan fingerprint density at radius 1 is 0.931 bits per heavy atom. The van der Waals surface area contributed by atoms with Crippen LogP contribution in [-0.4, -0.2) is 55.5 Å². The van der Waals surface area contributed by atoms with Gasteiger partial charge in [-0.1, -0.05) is 41.4 Å². The van der Waals surface area contributed by atoms with Gasteiger partial charge in [-0.25, -0.2) is 8.42 Å². The zero-order valence-electron chi connectivity index (χ0n) is 15.8. The maximum atomic E-state index is 12.8. The molecule has 1 saturated heterocycles. The maximum absolute atomic E-state index is 12.8. The third-order valence-corrected chi connectivity index (χ3v) is 7.48. The molecule has 0 radical (unpaired) electrons. The lowest BCUT2D eigenvalue weighted by Gasteiger charge is -2.34. The molecule has 2 aromatic rings. The fourth-order valence-corrected chi connectivity index (χ4v) is 4.87. The molecule has 0 N–H and O–H groups in total. The molecule has 154 valence electrons. The van der Waals surface area contributed by atoms with Gasteiger partial charge < -0.3 is 4.90 Å². The highest BCUT2D eigenvalue weighted by Gasteiger charge is 2.30. The number of carbonyl (C=O) groups excluding carboxylic acids is 2. The Morgan fingerprint density at radius 3 is 2.10 bits per heavy atom. The zero-order valence-corrected chi connectivity index (χ0v) is 18.1. The first kappa shape index (κ1) is 21.8. The maximum Gasteiger partial charge on any atom is 0.243 e. The number of carbonyl (C=O) groups is 2. The van der Waals surface area contributed by atoms with Crippen molar-refractivity contribution in [3.63, 3.8) is 0 Å². The third kappa shape index (κ3) is 4.98. The molecule has 1 aliphatic heterocycles. The number of hydrogen-bond acceptors (Lipinski definition) is 4. The van der Waals surface area contributed by atoms with E-state index in [0.29, 0.717) is 28.7 Å². The van der Waals surface area contributed by atoms with Gasteiger partial charge in [-0.15, -0.1) is 0 Å². The van der Waals surface area contributed by atoms with Crippen LogP contribution in [0, 0.1) is 0 Å². The van der Waals surface area contributed by atoms with Crippen molar-refractivity contribution >= 4 is 44.9 Å². The van der Waals surface area contributed by atoms with E-state index in [1.54, 1.807) is 23.1 Å². The molecule has 0 aliphatic carbocycles. The average molecular weight is 455 g/mol. The fraction of sp³-hybridized carbons (Fsp3) is 0.300. The van der Waals surface area contributed by atoms with E-state index in [-0.39, 0.29) is 36.1 Å². The van der Waals surface area contributed by atoms with Crippen LogP contribution in [0.3, 0.4) is 0 Å². The van der Waals surface area contributed by atoms with Gasteiger partial charge in [0.15, 0.2) is 5.78 Å². The summed E-state index contributed by atoms with van der Waals surface area (Å²) in [6.07, 6.45) is 0.177. The van der Waals surface area contributed by atoms with Crippen molar-refractivity contribution < 1.29 is 18.0 Å². The number of halogens is 2. The van der Waals surface area contributed by atoms with Crippen molar-refractivity contribution in [3.05, 3.63) is 63.6 Å². The van der Waals surface area contributed by atoms with E-state index in [1.807, 2.05) is 0 Å². The van der Waals surface area contributed by atoms with E-state index >= 15 is 0 Å². The normalized spacial score (nSPS) is 15.3. The molecule has 6 nitrogen and oxygen atoms in total. The zero-order chi connectivity index (χ0) is 21.2. The Hall–Kier alpha value is -1.93. The molecule has 0 aromatic heterocycles. The first-order chi connectivity index (χ1) is 13.7. The molecule has 3 rings (SSSR count). The first-order valence-corrected chi connectivity index (χ1v) is 11.2. The molecule has 2 aromatic carbocycles. The number of Topliss-reactive ketones (excluding diaryl/α,β-unsaturated/α-hetero) is 1. The van der Waals surface area contributed by atoms with Gasteiger partial charge in [0.2, 0.25) is 15.9 Å². The largest absolute Gasteiger partial charge is 0.340 e. The molecular formula is C20H20Cl2N2O4S. The molecule has 0 spiro atoms. The van der Waals surface area contributed by atoms with Crippen LogP contribution in [-0.2, 0) is 21.2 Å². The minimum Gasteiger partial charge on any atom is -0.340 e. The van der Waals surface area contributed by atoms with Gasteiger partial charge in [-0.3, -0.25) is 9.59 Å². The van der Waals surface area contributed by atoms with Crippen LogP contribution in [0.4, 0.5) is 0 Å².